The Morgan fingerprint density at radius 3 is 2.83 bits per heavy atom. The Labute approximate surface area is 103 Å². The van der Waals surface area contributed by atoms with Gasteiger partial charge in [0.1, 0.15) is 18.0 Å². The first-order valence-electron chi connectivity index (χ1n) is 5.56. The smallest absolute Gasteiger partial charge is 0.331 e. The molecular formula is C13H11N3O2. The monoisotopic (exact) mass is 241 g/mol. The third-order valence-electron chi connectivity index (χ3n) is 2.57. The predicted molar refractivity (Wildman–Crippen MR) is 66.6 cm³/mol. The number of ether oxygens (including phenoxy) is 1. The lowest BCUT2D eigenvalue weighted by Gasteiger charge is -2.02. The molecular weight excluding hydrogens is 230 g/mol. The fraction of sp³-hybridized carbons (Fsp3) is 0.0769. The van der Waals surface area contributed by atoms with Gasteiger partial charge >= 0.3 is 5.69 Å². The normalized spacial score (nSPS) is 10.7. The molecule has 0 saturated heterocycles. The minimum absolute atomic E-state index is 0.203. The maximum atomic E-state index is 11.5. The van der Waals surface area contributed by atoms with Crippen LogP contribution in [0.3, 0.4) is 0 Å². The van der Waals surface area contributed by atoms with Crippen molar-refractivity contribution in [1.82, 2.24) is 14.4 Å². The van der Waals surface area contributed by atoms with Crippen LogP contribution in [0.5, 0.6) is 5.75 Å². The highest BCUT2D eigenvalue weighted by Crippen LogP contribution is 2.11. The molecule has 90 valence electrons. The predicted octanol–water partition coefficient (Wildman–Crippen LogP) is 1.60. The summed E-state index contributed by atoms with van der Waals surface area (Å²) >= 11 is 0. The first-order chi connectivity index (χ1) is 8.83. The van der Waals surface area contributed by atoms with Gasteiger partial charge in [-0.3, -0.25) is 4.40 Å². The van der Waals surface area contributed by atoms with Gasteiger partial charge in [0, 0.05) is 12.4 Å². The molecule has 5 nitrogen and oxygen atoms in total. The Morgan fingerprint density at radius 1 is 1.22 bits per heavy atom. The van der Waals surface area contributed by atoms with Gasteiger partial charge in [0.15, 0.2) is 0 Å². The summed E-state index contributed by atoms with van der Waals surface area (Å²) in [6, 6.07) is 11.2. The molecule has 1 aromatic carbocycles. The van der Waals surface area contributed by atoms with Gasteiger partial charge < -0.3 is 9.72 Å². The van der Waals surface area contributed by atoms with Crippen molar-refractivity contribution in [3.8, 4) is 5.75 Å². The molecule has 3 rings (SSSR count). The van der Waals surface area contributed by atoms with Gasteiger partial charge in [0.05, 0.1) is 5.69 Å². The minimum Gasteiger partial charge on any atom is -0.487 e. The van der Waals surface area contributed by atoms with Crippen molar-refractivity contribution in [3.05, 3.63) is 65.0 Å². The van der Waals surface area contributed by atoms with Crippen LogP contribution in [-0.2, 0) is 6.61 Å². The maximum absolute atomic E-state index is 11.5. The van der Waals surface area contributed by atoms with Gasteiger partial charge in [-0.05, 0) is 18.2 Å². The molecule has 0 spiro atoms. The van der Waals surface area contributed by atoms with Crippen molar-refractivity contribution >= 4 is 5.65 Å². The number of benzene rings is 1. The van der Waals surface area contributed by atoms with Crippen LogP contribution in [0.4, 0.5) is 0 Å². The quantitative estimate of drug-likeness (QED) is 0.757. The average molecular weight is 241 g/mol. The Kier molecular flexibility index (Phi) is 2.57. The Morgan fingerprint density at radius 2 is 2.06 bits per heavy atom. The summed E-state index contributed by atoms with van der Waals surface area (Å²) in [5, 5.41) is 0. The average Bonchev–Trinajstić information content (AvgIpc) is 2.82. The molecule has 0 aliphatic heterocycles. The van der Waals surface area contributed by atoms with Crippen molar-refractivity contribution in [1.29, 1.82) is 0 Å². The zero-order valence-corrected chi connectivity index (χ0v) is 9.54. The van der Waals surface area contributed by atoms with E-state index in [9.17, 15) is 4.79 Å². The summed E-state index contributed by atoms with van der Waals surface area (Å²) in [6.45, 7) is 0.338. The number of fused-ring (bicyclic) bond motifs is 1. The largest absolute Gasteiger partial charge is 0.487 e. The molecule has 0 atom stereocenters. The SMILES string of the molecule is O=c1[nH]ccc2nc(COc3ccccc3)cn12. The number of H-pyrrole nitrogens is 1. The topological polar surface area (TPSA) is 59.4 Å². The zero-order chi connectivity index (χ0) is 12.4. The second-order valence-electron chi connectivity index (χ2n) is 3.84. The minimum atomic E-state index is -0.203. The van der Waals surface area contributed by atoms with Gasteiger partial charge in [0.2, 0.25) is 0 Å². The summed E-state index contributed by atoms with van der Waals surface area (Å²) in [5.74, 6) is 0.781. The Balaban J connectivity index is 1.83. The van der Waals surface area contributed by atoms with E-state index in [1.54, 1.807) is 18.5 Å². The number of aromatic nitrogens is 3. The number of hydrogen-bond acceptors (Lipinski definition) is 3. The van der Waals surface area contributed by atoms with E-state index >= 15 is 0 Å². The van der Waals surface area contributed by atoms with Crippen LogP contribution in [0, 0.1) is 0 Å². The molecule has 0 fully saturated rings. The standard InChI is InChI=1S/C13H11N3O2/c17-13-14-7-6-12-15-10(8-16(12)13)9-18-11-4-2-1-3-5-11/h1-8H,9H2,(H,14,17). The van der Waals surface area contributed by atoms with Gasteiger partial charge in [0.25, 0.3) is 0 Å². The van der Waals surface area contributed by atoms with Crippen molar-refractivity contribution in [3.63, 3.8) is 0 Å². The number of imidazole rings is 1. The van der Waals surface area contributed by atoms with Gasteiger partial charge in [-0.2, -0.15) is 0 Å². The Hall–Kier alpha value is -2.56. The van der Waals surface area contributed by atoms with Crippen LogP contribution in [0.25, 0.3) is 5.65 Å². The summed E-state index contributed by atoms with van der Waals surface area (Å²) in [4.78, 5) is 18.4. The van der Waals surface area contributed by atoms with Crippen LogP contribution in [0.1, 0.15) is 5.69 Å². The summed E-state index contributed by atoms with van der Waals surface area (Å²) in [6.07, 6.45) is 3.25. The van der Waals surface area contributed by atoms with Crippen molar-refractivity contribution in [2.45, 2.75) is 6.61 Å². The van der Waals surface area contributed by atoms with E-state index in [1.165, 1.54) is 4.40 Å². The van der Waals surface area contributed by atoms with Crippen LogP contribution in [0.15, 0.2) is 53.6 Å². The molecule has 0 aliphatic carbocycles. The highest BCUT2D eigenvalue weighted by Gasteiger charge is 2.04. The first kappa shape index (κ1) is 10.6. The maximum Gasteiger partial charge on any atom is 0.331 e. The van der Waals surface area contributed by atoms with Gasteiger partial charge in [-0.1, -0.05) is 18.2 Å². The van der Waals surface area contributed by atoms with Crippen LogP contribution < -0.4 is 10.4 Å². The van der Waals surface area contributed by atoms with E-state index in [-0.39, 0.29) is 5.69 Å². The molecule has 2 heterocycles. The fourth-order valence-corrected chi connectivity index (χ4v) is 1.73. The molecule has 0 amide bonds. The fourth-order valence-electron chi connectivity index (χ4n) is 1.73. The molecule has 2 aromatic heterocycles. The molecule has 0 unspecified atom stereocenters. The second kappa shape index (κ2) is 4.37. The van der Waals surface area contributed by atoms with E-state index in [4.69, 9.17) is 4.74 Å². The molecule has 18 heavy (non-hydrogen) atoms. The Bertz CT molecular complexity index is 716. The lowest BCUT2D eigenvalue weighted by atomic mass is 10.3. The number of nitrogens with zero attached hydrogens (tertiary/aromatic N) is 2. The molecule has 1 N–H and O–H groups in total. The molecule has 0 radical (unpaired) electrons. The van der Waals surface area contributed by atoms with Gasteiger partial charge in [-0.25, -0.2) is 9.78 Å². The van der Waals surface area contributed by atoms with E-state index in [0.717, 1.165) is 11.4 Å². The molecule has 0 bridgehead atoms. The number of hydrogen-bond donors (Lipinski definition) is 1. The van der Waals surface area contributed by atoms with Crippen LogP contribution >= 0.6 is 0 Å². The summed E-state index contributed by atoms with van der Waals surface area (Å²) in [7, 11) is 0. The summed E-state index contributed by atoms with van der Waals surface area (Å²) in [5.41, 5.74) is 1.13. The van der Waals surface area contributed by atoms with Crippen LogP contribution in [-0.4, -0.2) is 14.4 Å². The van der Waals surface area contributed by atoms with E-state index < -0.39 is 0 Å². The van der Waals surface area contributed by atoms with Crippen LogP contribution in [0.2, 0.25) is 0 Å². The number of para-hydroxylation sites is 1. The van der Waals surface area contributed by atoms with Crippen molar-refractivity contribution in [2.24, 2.45) is 0 Å². The van der Waals surface area contributed by atoms with E-state index in [1.807, 2.05) is 30.3 Å². The van der Waals surface area contributed by atoms with E-state index in [2.05, 4.69) is 9.97 Å². The first-order valence-corrected chi connectivity index (χ1v) is 5.56. The molecule has 5 heteroatoms. The van der Waals surface area contributed by atoms with Crippen molar-refractivity contribution < 1.29 is 4.74 Å². The lowest BCUT2D eigenvalue weighted by molar-refractivity contribution is 0.302. The third kappa shape index (κ3) is 1.98. The molecule has 3 aromatic rings. The highest BCUT2D eigenvalue weighted by atomic mass is 16.5. The molecule has 0 aliphatic rings. The second-order valence-corrected chi connectivity index (χ2v) is 3.84. The number of nitrogens with one attached hydrogen (secondary N) is 1. The lowest BCUT2D eigenvalue weighted by Crippen LogP contribution is -2.13. The molecule has 0 saturated carbocycles. The highest BCUT2D eigenvalue weighted by molar-refractivity contribution is 5.37. The summed E-state index contributed by atoms with van der Waals surface area (Å²) < 4.78 is 7.04. The zero-order valence-electron chi connectivity index (χ0n) is 9.54. The van der Waals surface area contributed by atoms with Crippen molar-refractivity contribution in [2.75, 3.05) is 0 Å². The van der Waals surface area contributed by atoms with Gasteiger partial charge in [-0.15, -0.1) is 0 Å². The third-order valence-corrected chi connectivity index (χ3v) is 2.57. The number of aromatic amines is 1. The van der Waals surface area contributed by atoms with E-state index in [0.29, 0.717) is 12.3 Å². The number of rotatable bonds is 3.